The number of anilines is 1. The van der Waals surface area contributed by atoms with Crippen LogP contribution in [0.3, 0.4) is 0 Å². The van der Waals surface area contributed by atoms with Crippen molar-refractivity contribution in [2.24, 2.45) is 0 Å². The average molecular weight is 602 g/mol. The number of nitrogens with zero attached hydrogens (tertiary/aromatic N) is 9. The summed E-state index contributed by atoms with van der Waals surface area (Å²) in [4.78, 5) is 47.6. The van der Waals surface area contributed by atoms with E-state index in [1.54, 1.807) is 17.2 Å². The van der Waals surface area contributed by atoms with Gasteiger partial charge in [0.2, 0.25) is 0 Å². The third-order valence-electron chi connectivity index (χ3n) is 7.74. The molecule has 0 bridgehead atoms. The topological polar surface area (TPSA) is 135 Å². The second-order valence-corrected chi connectivity index (χ2v) is 11.0. The molecule has 12 nitrogen and oxygen atoms in total. The molecule has 226 valence electrons. The lowest BCUT2D eigenvalue weighted by atomic mass is 10.0. The summed E-state index contributed by atoms with van der Waals surface area (Å²) in [6.07, 6.45) is 4.23. The molecule has 44 heavy (non-hydrogen) atoms. The first kappa shape index (κ1) is 28.8. The van der Waals surface area contributed by atoms with Crippen molar-refractivity contribution >= 4 is 22.9 Å². The third-order valence-corrected chi connectivity index (χ3v) is 7.74. The van der Waals surface area contributed by atoms with Gasteiger partial charge in [-0.3, -0.25) is 4.98 Å². The van der Waals surface area contributed by atoms with Crippen molar-refractivity contribution in [3.8, 4) is 22.7 Å². The second kappa shape index (κ2) is 11.1. The number of aromatic hydroxyl groups is 1. The van der Waals surface area contributed by atoms with E-state index in [-0.39, 0.29) is 54.5 Å². The molecular weight excluding hydrogens is 572 g/mol. The van der Waals surface area contributed by atoms with Crippen molar-refractivity contribution in [3.05, 3.63) is 82.6 Å². The third kappa shape index (κ3) is 4.81. The summed E-state index contributed by atoms with van der Waals surface area (Å²) in [5.74, 6) is -2.21. The molecule has 0 unspecified atom stereocenters. The summed E-state index contributed by atoms with van der Waals surface area (Å²) in [6.45, 7) is 8.34. The lowest BCUT2D eigenvalue weighted by Gasteiger charge is -2.40. The molecule has 1 aliphatic heterocycles. The van der Waals surface area contributed by atoms with Crippen molar-refractivity contribution in [2.75, 3.05) is 24.5 Å². The van der Waals surface area contributed by atoms with Crippen LogP contribution in [0.4, 0.5) is 19.4 Å². The van der Waals surface area contributed by atoms with E-state index in [2.05, 4.69) is 25.0 Å². The molecule has 6 rings (SSSR count). The molecule has 1 atom stereocenters. The molecule has 4 aromatic heterocycles. The highest BCUT2D eigenvalue weighted by Gasteiger charge is 2.32. The quantitative estimate of drug-likeness (QED) is 0.324. The molecule has 0 saturated carbocycles. The van der Waals surface area contributed by atoms with Crippen LogP contribution >= 0.6 is 0 Å². The fraction of sp³-hybridized carbons (Fsp3) is 0.300. The SMILES string of the molecule is Cc1ccnc(C(C)C)c1-n1c(=O)nc(N2CCN(C(=O)n3cncn3)C[C@@H]2C)c2cc(F)c(-c3c(O)cccc3F)nc21. The zero-order valence-corrected chi connectivity index (χ0v) is 24.4. The predicted molar refractivity (Wildman–Crippen MR) is 158 cm³/mol. The number of phenols is 1. The first-order chi connectivity index (χ1) is 21.1. The van der Waals surface area contributed by atoms with Gasteiger partial charge in [0.25, 0.3) is 0 Å². The Morgan fingerprint density at radius 2 is 1.91 bits per heavy atom. The van der Waals surface area contributed by atoms with Crippen LogP contribution in [0, 0.1) is 18.6 Å². The number of hydrogen-bond acceptors (Lipinski definition) is 9. The minimum absolute atomic E-state index is 0.0189. The first-order valence-electron chi connectivity index (χ1n) is 14.0. The van der Waals surface area contributed by atoms with E-state index in [9.17, 15) is 19.1 Å². The number of hydrogen-bond donors (Lipinski definition) is 1. The number of carbonyl (C=O) groups excluding carboxylic acids is 1. The Balaban J connectivity index is 1.57. The number of pyridine rings is 2. The van der Waals surface area contributed by atoms with Gasteiger partial charge in [-0.1, -0.05) is 19.9 Å². The van der Waals surface area contributed by atoms with Gasteiger partial charge in [-0.05, 0) is 49.6 Å². The molecule has 0 spiro atoms. The van der Waals surface area contributed by atoms with E-state index in [0.29, 0.717) is 16.9 Å². The highest BCUT2D eigenvalue weighted by Crippen LogP contribution is 2.36. The number of amides is 1. The van der Waals surface area contributed by atoms with Gasteiger partial charge in [0.1, 0.15) is 35.7 Å². The Bertz CT molecular complexity index is 1940. The fourth-order valence-electron chi connectivity index (χ4n) is 5.63. The highest BCUT2D eigenvalue weighted by molar-refractivity contribution is 5.91. The maximum atomic E-state index is 15.9. The maximum Gasteiger partial charge on any atom is 0.355 e. The standard InChI is InChI=1S/C30H29F2N9O3/c1-16(2)24-26(17(3)8-9-34-24)41-28-19(12-21(32)25(36-28)23-20(31)6-5-7-22(23)42)27(37-29(41)43)39-11-10-38(13-18(39)4)30(44)40-15-33-14-35-40/h5-9,12,14-16,18,42H,10-11,13H2,1-4H3/t18-/m0/s1. The smallest absolute Gasteiger partial charge is 0.355 e. The Kier molecular flexibility index (Phi) is 7.27. The van der Waals surface area contributed by atoms with Gasteiger partial charge < -0.3 is 14.9 Å². The zero-order valence-electron chi connectivity index (χ0n) is 24.4. The largest absolute Gasteiger partial charge is 0.507 e. The van der Waals surface area contributed by atoms with Crippen LogP contribution in [0.25, 0.3) is 28.0 Å². The number of aryl methyl sites for hydroxylation is 1. The molecule has 14 heteroatoms. The van der Waals surface area contributed by atoms with E-state index in [0.717, 1.165) is 16.8 Å². The number of carbonyl (C=O) groups is 1. The predicted octanol–water partition coefficient (Wildman–Crippen LogP) is 4.03. The summed E-state index contributed by atoms with van der Waals surface area (Å²) < 4.78 is 33.3. The summed E-state index contributed by atoms with van der Waals surface area (Å²) in [5.41, 5.74) is 0.185. The zero-order chi connectivity index (χ0) is 31.3. The van der Waals surface area contributed by atoms with Gasteiger partial charge in [-0.25, -0.2) is 32.9 Å². The number of rotatable bonds is 4. The van der Waals surface area contributed by atoms with E-state index >= 15 is 4.39 Å². The minimum Gasteiger partial charge on any atom is -0.507 e. The van der Waals surface area contributed by atoms with Gasteiger partial charge in [-0.15, -0.1) is 0 Å². The van der Waals surface area contributed by atoms with Crippen LogP contribution in [-0.2, 0) is 0 Å². The number of fused-ring (bicyclic) bond motifs is 1. The van der Waals surface area contributed by atoms with Crippen molar-refractivity contribution in [1.82, 2.24) is 39.2 Å². The van der Waals surface area contributed by atoms with Crippen molar-refractivity contribution in [2.45, 2.75) is 39.7 Å². The van der Waals surface area contributed by atoms with Crippen LogP contribution in [-0.4, -0.2) is 76.0 Å². The lowest BCUT2D eigenvalue weighted by Crippen LogP contribution is -2.55. The molecular formula is C30H29F2N9O3. The lowest BCUT2D eigenvalue weighted by molar-refractivity contribution is 0.185. The Labute approximate surface area is 250 Å². The molecule has 1 fully saturated rings. The summed E-state index contributed by atoms with van der Waals surface area (Å²) in [7, 11) is 0. The van der Waals surface area contributed by atoms with Crippen LogP contribution in [0.5, 0.6) is 5.75 Å². The second-order valence-electron chi connectivity index (χ2n) is 11.0. The molecule has 1 N–H and O–H groups in total. The molecule has 1 aliphatic rings. The van der Waals surface area contributed by atoms with Gasteiger partial charge in [0.05, 0.1) is 22.3 Å². The Hall–Kier alpha value is -5.27. The molecule has 0 radical (unpaired) electrons. The van der Waals surface area contributed by atoms with Crippen molar-refractivity contribution in [3.63, 3.8) is 0 Å². The van der Waals surface area contributed by atoms with Crippen LogP contribution in [0.2, 0.25) is 0 Å². The normalized spacial score (nSPS) is 15.4. The van der Waals surface area contributed by atoms with Gasteiger partial charge >= 0.3 is 11.7 Å². The molecule has 1 aromatic carbocycles. The highest BCUT2D eigenvalue weighted by atomic mass is 19.1. The maximum absolute atomic E-state index is 15.9. The molecule has 0 aliphatic carbocycles. The summed E-state index contributed by atoms with van der Waals surface area (Å²) in [5, 5.41) is 14.6. The monoisotopic (exact) mass is 601 g/mol. The summed E-state index contributed by atoms with van der Waals surface area (Å²) >= 11 is 0. The van der Waals surface area contributed by atoms with Gasteiger partial charge in [-0.2, -0.15) is 14.8 Å². The van der Waals surface area contributed by atoms with Crippen molar-refractivity contribution in [1.29, 1.82) is 0 Å². The summed E-state index contributed by atoms with van der Waals surface area (Å²) in [6, 6.07) is 5.84. The number of piperazine rings is 1. The first-order valence-corrected chi connectivity index (χ1v) is 14.0. The minimum atomic E-state index is -0.911. The van der Waals surface area contributed by atoms with E-state index in [1.165, 1.54) is 29.4 Å². The molecule has 1 amide bonds. The fourth-order valence-corrected chi connectivity index (χ4v) is 5.63. The van der Waals surface area contributed by atoms with E-state index in [1.807, 2.05) is 32.6 Å². The number of benzene rings is 1. The Morgan fingerprint density at radius 1 is 1.11 bits per heavy atom. The van der Waals surface area contributed by atoms with Gasteiger partial charge in [0, 0.05) is 31.9 Å². The van der Waals surface area contributed by atoms with E-state index in [4.69, 9.17) is 0 Å². The Morgan fingerprint density at radius 3 is 2.59 bits per heavy atom. The van der Waals surface area contributed by atoms with Crippen molar-refractivity contribution < 1.29 is 18.7 Å². The van der Waals surface area contributed by atoms with E-state index < -0.39 is 34.3 Å². The average Bonchev–Trinajstić information content (AvgIpc) is 3.52. The number of aromatic nitrogens is 7. The van der Waals surface area contributed by atoms with Gasteiger partial charge in [0.15, 0.2) is 11.5 Å². The molecule has 1 saturated heterocycles. The number of phenolic OH excluding ortho intramolecular Hbond substituents is 1. The van der Waals surface area contributed by atoms with Crippen LogP contribution in [0.1, 0.15) is 37.9 Å². The molecule has 5 aromatic rings. The number of halogens is 2. The van der Waals surface area contributed by atoms with Crippen LogP contribution in [0.15, 0.2) is 54.0 Å². The molecule has 5 heterocycles. The van der Waals surface area contributed by atoms with Crippen LogP contribution < -0.4 is 10.6 Å².